The molecule has 0 bridgehead atoms. The van der Waals surface area contributed by atoms with Gasteiger partial charge in [0.1, 0.15) is 10.6 Å². The first-order valence-electron chi connectivity index (χ1n) is 7.77. The van der Waals surface area contributed by atoms with Crippen LogP contribution in [-0.4, -0.2) is 42.1 Å². The highest BCUT2D eigenvalue weighted by molar-refractivity contribution is 7.98. The second-order valence-electron chi connectivity index (χ2n) is 6.24. The van der Waals surface area contributed by atoms with Crippen LogP contribution in [-0.2, 0) is 22.5 Å². The lowest BCUT2D eigenvalue weighted by atomic mass is 9.94. The molecule has 0 saturated carbocycles. The van der Waals surface area contributed by atoms with Crippen LogP contribution in [0.3, 0.4) is 0 Å². The number of rotatable bonds is 6. The van der Waals surface area contributed by atoms with Crippen molar-refractivity contribution < 1.29 is 9.47 Å². The summed E-state index contributed by atoms with van der Waals surface area (Å²) in [5.41, 5.74) is 1.22. The Morgan fingerprint density at radius 3 is 2.96 bits per heavy atom. The Bertz CT molecular complexity index is 700. The third-order valence-corrected chi connectivity index (χ3v) is 5.56. The molecule has 1 N–H and O–H groups in total. The van der Waals surface area contributed by atoms with Crippen molar-refractivity contribution in [1.29, 1.82) is 0 Å². The van der Waals surface area contributed by atoms with Crippen molar-refractivity contribution in [3.05, 3.63) is 10.4 Å². The van der Waals surface area contributed by atoms with Crippen LogP contribution in [0.2, 0.25) is 0 Å². The van der Waals surface area contributed by atoms with Crippen molar-refractivity contribution in [3.63, 3.8) is 0 Å². The molecule has 1 aliphatic rings. The highest BCUT2D eigenvalue weighted by atomic mass is 32.2. The Balaban J connectivity index is 2.00. The van der Waals surface area contributed by atoms with Crippen LogP contribution in [0.4, 0.5) is 5.82 Å². The molecule has 5 nitrogen and oxygen atoms in total. The zero-order valence-electron chi connectivity index (χ0n) is 14.1. The molecule has 0 saturated heterocycles. The molecular formula is C16H23N3O2S2. The van der Waals surface area contributed by atoms with E-state index in [0.29, 0.717) is 6.61 Å². The summed E-state index contributed by atoms with van der Waals surface area (Å²) in [6.45, 7) is 6.54. The number of fused-ring (bicyclic) bond motifs is 3. The van der Waals surface area contributed by atoms with Crippen LogP contribution in [0.15, 0.2) is 5.16 Å². The highest BCUT2D eigenvalue weighted by Gasteiger charge is 2.30. The molecule has 2 aromatic heterocycles. The molecule has 0 spiro atoms. The number of hydrogen-bond acceptors (Lipinski definition) is 7. The SMILES string of the molecule is COCCCNc1nc(SC)nc2sc3c(c12)CC(C)(C)OC3. The van der Waals surface area contributed by atoms with Gasteiger partial charge in [-0.3, -0.25) is 0 Å². The number of anilines is 1. The number of thioether (sulfide) groups is 1. The summed E-state index contributed by atoms with van der Waals surface area (Å²) in [7, 11) is 1.73. The van der Waals surface area contributed by atoms with E-state index in [9.17, 15) is 0 Å². The Morgan fingerprint density at radius 2 is 2.22 bits per heavy atom. The molecule has 126 valence electrons. The average Bonchev–Trinajstić information content (AvgIpc) is 2.87. The normalized spacial score (nSPS) is 16.5. The zero-order chi connectivity index (χ0) is 16.4. The lowest BCUT2D eigenvalue weighted by Gasteiger charge is -2.30. The van der Waals surface area contributed by atoms with Gasteiger partial charge in [0.05, 0.1) is 17.6 Å². The van der Waals surface area contributed by atoms with Gasteiger partial charge in [-0.2, -0.15) is 0 Å². The van der Waals surface area contributed by atoms with E-state index >= 15 is 0 Å². The second-order valence-corrected chi connectivity index (χ2v) is 8.10. The number of nitrogens with zero attached hydrogens (tertiary/aromatic N) is 2. The van der Waals surface area contributed by atoms with Crippen molar-refractivity contribution >= 4 is 39.1 Å². The fraction of sp³-hybridized carbons (Fsp3) is 0.625. The molecule has 3 heterocycles. The van der Waals surface area contributed by atoms with Gasteiger partial charge in [0, 0.05) is 31.6 Å². The van der Waals surface area contributed by atoms with E-state index in [1.165, 1.54) is 15.8 Å². The van der Waals surface area contributed by atoms with Crippen LogP contribution >= 0.6 is 23.1 Å². The number of ether oxygens (including phenoxy) is 2. The van der Waals surface area contributed by atoms with Crippen molar-refractivity contribution in [2.24, 2.45) is 0 Å². The lowest BCUT2D eigenvalue weighted by Crippen LogP contribution is -2.31. The predicted molar refractivity (Wildman–Crippen MR) is 96.8 cm³/mol. The van der Waals surface area contributed by atoms with E-state index in [2.05, 4.69) is 19.2 Å². The minimum atomic E-state index is -0.132. The number of thiophene rings is 1. The average molecular weight is 354 g/mol. The Kier molecular flexibility index (Phi) is 5.10. The highest BCUT2D eigenvalue weighted by Crippen LogP contribution is 2.41. The molecule has 0 unspecified atom stereocenters. The van der Waals surface area contributed by atoms with E-state index in [1.807, 2.05) is 6.26 Å². The van der Waals surface area contributed by atoms with Gasteiger partial charge < -0.3 is 14.8 Å². The molecule has 23 heavy (non-hydrogen) atoms. The van der Waals surface area contributed by atoms with Gasteiger partial charge in [-0.1, -0.05) is 11.8 Å². The Labute approximate surface area is 145 Å². The topological polar surface area (TPSA) is 56.3 Å². The van der Waals surface area contributed by atoms with Gasteiger partial charge >= 0.3 is 0 Å². The van der Waals surface area contributed by atoms with Crippen LogP contribution in [0, 0.1) is 0 Å². The van der Waals surface area contributed by atoms with Gasteiger partial charge in [0.15, 0.2) is 5.16 Å². The molecular weight excluding hydrogens is 330 g/mol. The van der Waals surface area contributed by atoms with E-state index in [4.69, 9.17) is 19.4 Å². The van der Waals surface area contributed by atoms with E-state index < -0.39 is 0 Å². The maximum Gasteiger partial charge on any atom is 0.190 e. The monoisotopic (exact) mass is 353 g/mol. The largest absolute Gasteiger partial charge is 0.385 e. The lowest BCUT2D eigenvalue weighted by molar-refractivity contribution is -0.0379. The summed E-state index contributed by atoms with van der Waals surface area (Å²) >= 11 is 3.31. The fourth-order valence-corrected chi connectivity index (χ4v) is 4.29. The fourth-order valence-electron chi connectivity index (χ4n) is 2.77. The Morgan fingerprint density at radius 1 is 1.39 bits per heavy atom. The first-order valence-corrected chi connectivity index (χ1v) is 9.81. The number of hydrogen-bond donors (Lipinski definition) is 1. The first-order chi connectivity index (χ1) is 11.0. The third kappa shape index (κ3) is 3.63. The molecule has 7 heteroatoms. The number of aromatic nitrogens is 2. The Hall–Kier alpha value is -0.890. The van der Waals surface area contributed by atoms with Crippen molar-refractivity contribution in [3.8, 4) is 0 Å². The number of methoxy groups -OCH3 is 1. The summed E-state index contributed by atoms with van der Waals surface area (Å²) in [5.74, 6) is 0.950. The van der Waals surface area contributed by atoms with Gasteiger partial charge in [0.2, 0.25) is 0 Å². The standard InChI is InChI=1S/C16H23N3O2S2/c1-16(2)8-10-11(9-21-16)23-14-12(10)13(17-6-5-7-20-3)18-15(19-14)22-4/h5-9H2,1-4H3,(H,17,18,19). The van der Waals surface area contributed by atoms with Gasteiger partial charge in [-0.15, -0.1) is 11.3 Å². The van der Waals surface area contributed by atoms with Crippen LogP contribution in [0.1, 0.15) is 30.7 Å². The maximum absolute atomic E-state index is 5.95. The minimum Gasteiger partial charge on any atom is -0.385 e. The quantitative estimate of drug-likeness (QED) is 0.485. The summed E-state index contributed by atoms with van der Waals surface area (Å²) in [6, 6.07) is 0. The smallest absolute Gasteiger partial charge is 0.190 e. The van der Waals surface area contributed by atoms with Crippen molar-refractivity contribution in [2.45, 2.75) is 44.1 Å². The first kappa shape index (κ1) is 17.0. The molecule has 0 radical (unpaired) electrons. The van der Waals surface area contributed by atoms with Crippen molar-refractivity contribution in [2.75, 3.05) is 31.8 Å². The molecule has 0 atom stereocenters. The summed E-state index contributed by atoms with van der Waals surface area (Å²) in [4.78, 5) is 11.8. The maximum atomic E-state index is 5.95. The van der Waals surface area contributed by atoms with Crippen LogP contribution < -0.4 is 5.32 Å². The van der Waals surface area contributed by atoms with E-state index in [-0.39, 0.29) is 5.60 Å². The molecule has 3 rings (SSSR count). The van der Waals surface area contributed by atoms with Crippen LogP contribution in [0.25, 0.3) is 10.2 Å². The van der Waals surface area contributed by atoms with Crippen molar-refractivity contribution in [1.82, 2.24) is 9.97 Å². The second kappa shape index (κ2) is 6.93. The van der Waals surface area contributed by atoms with Gasteiger partial charge in [0.25, 0.3) is 0 Å². The third-order valence-electron chi connectivity index (χ3n) is 3.91. The summed E-state index contributed by atoms with van der Waals surface area (Å²) in [5, 5.41) is 5.47. The zero-order valence-corrected chi connectivity index (χ0v) is 15.7. The van der Waals surface area contributed by atoms with Gasteiger partial charge in [-0.25, -0.2) is 9.97 Å². The van der Waals surface area contributed by atoms with Crippen LogP contribution in [0.5, 0.6) is 0 Å². The van der Waals surface area contributed by atoms with E-state index in [0.717, 1.165) is 41.8 Å². The molecule has 0 aliphatic carbocycles. The molecule has 0 amide bonds. The predicted octanol–water partition coefficient (Wildman–Crippen LogP) is 3.71. The number of nitrogens with one attached hydrogen (secondary N) is 1. The molecule has 2 aromatic rings. The summed E-state index contributed by atoms with van der Waals surface area (Å²) < 4.78 is 11.1. The summed E-state index contributed by atoms with van der Waals surface area (Å²) in [6.07, 6.45) is 3.87. The van der Waals surface area contributed by atoms with E-state index in [1.54, 1.807) is 30.2 Å². The minimum absolute atomic E-state index is 0.132. The molecule has 0 aromatic carbocycles. The molecule has 1 aliphatic heterocycles. The van der Waals surface area contributed by atoms with Gasteiger partial charge in [-0.05, 0) is 32.1 Å². The molecule has 0 fully saturated rings.